The first-order valence-corrected chi connectivity index (χ1v) is 12.0. The number of carbonyl (C=O) groups excluding carboxylic acids is 2. The molecule has 9 nitrogen and oxygen atoms in total. The molecule has 196 valence electrons. The molecular formula is C26H28F2N4O5. The van der Waals surface area contributed by atoms with Crippen LogP contribution >= 0.6 is 0 Å². The highest BCUT2D eigenvalue weighted by Gasteiger charge is 2.54. The van der Waals surface area contributed by atoms with E-state index in [0.717, 1.165) is 18.9 Å². The van der Waals surface area contributed by atoms with Crippen LogP contribution in [-0.2, 0) is 0 Å². The Morgan fingerprint density at radius 3 is 2.62 bits per heavy atom. The van der Waals surface area contributed by atoms with Gasteiger partial charge in [-0.15, -0.1) is 0 Å². The Morgan fingerprint density at radius 1 is 1.22 bits per heavy atom. The molecule has 37 heavy (non-hydrogen) atoms. The minimum absolute atomic E-state index is 0.0125. The first kappa shape index (κ1) is 24.9. The maximum Gasteiger partial charge on any atom is 0.255 e. The Hall–Kier alpha value is -3.73. The maximum atomic E-state index is 14.2. The molecule has 2 aromatic heterocycles. The lowest BCUT2D eigenvalue weighted by atomic mass is 9.53. The molecule has 1 spiro atoms. The highest BCUT2D eigenvalue weighted by molar-refractivity contribution is 6.00. The molecule has 3 aromatic rings. The fourth-order valence-corrected chi connectivity index (χ4v) is 5.19. The number of ether oxygens (including phenoxy) is 2. The standard InChI is InChI=1S/C26H28F2N4O5/c1-25(2,35)13-36-16-3-4-21-19(11-30-32(21)12-16)24(34)31-15-7-26(8-15)9-17(10-26)37-22-18(23(29)33)5-14(27)6-20(22)28/h3-6,11-12,15,17,35H,7-10,13H2,1-2H3,(H2,29,33)(H,31,34). The van der Waals surface area contributed by atoms with E-state index in [1.54, 1.807) is 36.7 Å². The number of rotatable bonds is 8. The molecule has 1 aromatic carbocycles. The molecule has 0 radical (unpaired) electrons. The molecule has 4 N–H and O–H groups in total. The van der Waals surface area contributed by atoms with Crippen molar-refractivity contribution in [1.82, 2.24) is 14.9 Å². The molecule has 5 rings (SSSR count). The molecule has 0 atom stereocenters. The third kappa shape index (κ3) is 5.08. The predicted molar refractivity (Wildman–Crippen MR) is 128 cm³/mol. The van der Waals surface area contributed by atoms with Crippen LogP contribution in [0.1, 0.15) is 60.2 Å². The van der Waals surface area contributed by atoms with E-state index in [-0.39, 0.29) is 41.4 Å². The monoisotopic (exact) mass is 514 g/mol. The average Bonchev–Trinajstić information content (AvgIpc) is 3.18. The topological polar surface area (TPSA) is 128 Å². The molecule has 2 amide bonds. The number of fused-ring (bicyclic) bond motifs is 1. The van der Waals surface area contributed by atoms with Gasteiger partial charge in [-0.3, -0.25) is 9.59 Å². The lowest BCUT2D eigenvalue weighted by molar-refractivity contribution is -0.0845. The second-order valence-corrected chi connectivity index (χ2v) is 10.7. The van der Waals surface area contributed by atoms with Gasteiger partial charge in [0.05, 0.1) is 40.7 Å². The zero-order valence-corrected chi connectivity index (χ0v) is 20.5. The number of nitrogens with two attached hydrogens (primary N) is 1. The van der Waals surface area contributed by atoms with E-state index in [2.05, 4.69) is 10.4 Å². The van der Waals surface area contributed by atoms with Crippen LogP contribution in [0.4, 0.5) is 8.78 Å². The minimum atomic E-state index is -0.972. The SMILES string of the molecule is CC(C)(O)COc1ccc2c(C(=O)NC3CC4(C3)CC(Oc3c(F)cc(F)cc3C(N)=O)C4)cnn2c1. The summed E-state index contributed by atoms with van der Waals surface area (Å²) < 4.78 is 40.4. The van der Waals surface area contributed by atoms with Crippen molar-refractivity contribution >= 4 is 17.3 Å². The third-order valence-electron chi connectivity index (χ3n) is 6.90. The number of nitrogens with one attached hydrogen (secondary N) is 1. The van der Waals surface area contributed by atoms with E-state index in [0.29, 0.717) is 35.7 Å². The summed E-state index contributed by atoms with van der Waals surface area (Å²) in [6.45, 7) is 3.41. The van der Waals surface area contributed by atoms with E-state index in [9.17, 15) is 23.5 Å². The summed E-state index contributed by atoms with van der Waals surface area (Å²) in [6, 6.07) is 4.98. The summed E-state index contributed by atoms with van der Waals surface area (Å²) in [5.74, 6) is -2.84. The molecule has 2 aliphatic rings. The van der Waals surface area contributed by atoms with Crippen LogP contribution in [-0.4, -0.2) is 50.9 Å². The molecule has 0 saturated heterocycles. The molecule has 11 heteroatoms. The lowest BCUT2D eigenvalue weighted by Crippen LogP contribution is -2.58. The second kappa shape index (κ2) is 8.98. The summed E-state index contributed by atoms with van der Waals surface area (Å²) in [7, 11) is 0. The average molecular weight is 515 g/mol. The van der Waals surface area contributed by atoms with Crippen molar-refractivity contribution in [1.29, 1.82) is 0 Å². The van der Waals surface area contributed by atoms with Gasteiger partial charge in [-0.1, -0.05) is 0 Å². The molecule has 2 fully saturated rings. The Balaban J connectivity index is 1.14. The highest BCUT2D eigenvalue weighted by Crippen LogP contribution is 2.57. The second-order valence-electron chi connectivity index (χ2n) is 10.7. The number of primary amides is 1. The number of hydrogen-bond donors (Lipinski definition) is 3. The van der Waals surface area contributed by atoms with Gasteiger partial charge in [0.25, 0.3) is 11.8 Å². The van der Waals surface area contributed by atoms with Crippen LogP contribution in [0.2, 0.25) is 0 Å². The maximum absolute atomic E-state index is 14.2. The van der Waals surface area contributed by atoms with Crippen molar-refractivity contribution in [2.24, 2.45) is 11.1 Å². The van der Waals surface area contributed by atoms with Crippen molar-refractivity contribution < 1.29 is 33.0 Å². The number of hydrogen-bond acceptors (Lipinski definition) is 6. The van der Waals surface area contributed by atoms with Crippen LogP contribution in [0, 0.1) is 17.0 Å². The number of aromatic nitrogens is 2. The van der Waals surface area contributed by atoms with Crippen molar-refractivity contribution in [3.8, 4) is 11.5 Å². The summed E-state index contributed by atoms with van der Waals surface area (Å²) in [5.41, 5.74) is 5.01. The summed E-state index contributed by atoms with van der Waals surface area (Å²) in [5, 5.41) is 17.1. The van der Waals surface area contributed by atoms with E-state index in [4.69, 9.17) is 15.2 Å². The van der Waals surface area contributed by atoms with Crippen LogP contribution < -0.4 is 20.5 Å². The van der Waals surface area contributed by atoms with Gasteiger partial charge in [0.1, 0.15) is 18.2 Å². The number of nitrogens with zero attached hydrogens (tertiary/aromatic N) is 2. The first-order valence-electron chi connectivity index (χ1n) is 12.0. The Kier molecular flexibility index (Phi) is 6.06. The van der Waals surface area contributed by atoms with Crippen LogP contribution in [0.25, 0.3) is 5.52 Å². The van der Waals surface area contributed by atoms with Crippen molar-refractivity contribution in [2.75, 3.05) is 6.61 Å². The molecule has 2 aliphatic carbocycles. The number of aliphatic hydroxyl groups is 1. The van der Waals surface area contributed by atoms with Crippen molar-refractivity contribution in [2.45, 2.75) is 57.3 Å². The van der Waals surface area contributed by atoms with Gasteiger partial charge in [0.15, 0.2) is 11.6 Å². The molecule has 2 saturated carbocycles. The molecule has 2 heterocycles. The van der Waals surface area contributed by atoms with E-state index < -0.39 is 23.1 Å². The summed E-state index contributed by atoms with van der Waals surface area (Å²) in [6.07, 6.45) is 5.61. The number of carbonyl (C=O) groups is 2. The largest absolute Gasteiger partial charge is 0.489 e. The fraction of sp³-hybridized carbons (Fsp3) is 0.423. The molecular weight excluding hydrogens is 486 g/mol. The zero-order chi connectivity index (χ0) is 26.5. The normalized spacial score (nSPS) is 22.8. The van der Waals surface area contributed by atoms with Gasteiger partial charge in [-0.05, 0) is 63.1 Å². The van der Waals surface area contributed by atoms with Crippen molar-refractivity contribution in [3.63, 3.8) is 0 Å². The summed E-state index contributed by atoms with van der Waals surface area (Å²) >= 11 is 0. The lowest BCUT2D eigenvalue weighted by Gasteiger charge is -2.57. The number of halogens is 2. The van der Waals surface area contributed by atoms with Crippen LogP contribution in [0.3, 0.4) is 0 Å². The predicted octanol–water partition coefficient (Wildman–Crippen LogP) is 2.98. The number of pyridine rings is 1. The Labute approximate surface area is 211 Å². The van der Waals surface area contributed by atoms with Crippen LogP contribution in [0.15, 0.2) is 36.7 Å². The van der Waals surface area contributed by atoms with Gasteiger partial charge in [-0.25, -0.2) is 13.3 Å². The molecule has 0 aliphatic heterocycles. The van der Waals surface area contributed by atoms with E-state index in [1.807, 2.05) is 0 Å². The Bertz CT molecular complexity index is 1370. The quantitative estimate of drug-likeness (QED) is 0.424. The first-order chi connectivity index (χ1) is 17.4. The van der Waals surface area contributed by atoms with E-state index >= 15 is 0 Å². The third-order valence-corrected chi connectivity index (χ3v) is 6.90. The van der Waals surface area contributed by atoms with Crippen LogP contribution in [0.5, 0.6) is 11.5 Å². The van der Waals surface area contributed by atoms with Crippen molar-refractivity contribution in [3.05, 3.63) is 59.4 Å². The Morgan fingerprint density at radius 2 is 1.95 bits per heavy atom. The van der Waals surface area contributed by atoms with Gasteiger partial charge < -0.3 is 25.6 Å². The number of benzene rings is 1. The highest BCUT2D eigenvalue weighted by atomic mass is 19.1. The zero-order valence-electron chi connectivity index (χ0n) is 20.5. The minimum Gasteiger partial charge on any atom is -0.489 e. The summed E-state index contributed by atoms with van der Waals surface area (Å²) in [4.78, 5) is 24.4. The smallest absolute Gasteiger partial charge is 0.255 e. The number of amides is 2. The molecule has 0 unspecified atom stereocenters. The van der Waals surface area contributed by atoms with Gasteiger partial charge >= 0.3 is 0 Å². The molecule has 0 bridgehead atoms. The fourth-order valence-electron chi connectivity index (χ4n) is 5.19. The van der Waals surface area contributed by atoms with Gasteiger partial charge in [0.2, 0.25) is 0 Å². The van der Waals surface area contributed by atoms with Gasteiger partial charge in [0, 0.05) is 12.1 Å². The van der Waals surface area contributed by atoms with Gasteiger partial charge in [-0.2, -0.15) is 5.10 Å². The van der Waals surface area contributed by atoms with E-state index in [1.165, 1.54) is 6.20 Å².